The monoisotopic (exact) mass is 317 g/mol. The van der Waals surface area contributed by atoms with E-state index in [-0.39, 0.29) is 0 Å². The first-order chi connectivity index (χ1) is 10.2. The molecule has 0 fully saturated rings. The van der Waals surface area contributed by atoms with Gasteiger partial charge in [0.1, 0.15) is 4.67 Å². The summed E-state index contributed by atoms with van der Waals surface area (Å²) in [5.74, 6) is 0.905. The zero-order valence-corrected chi connectivity index (χ0v) is 13.0. The Morgan fingerprint density at radius 3 is 2.81 bits per heavy atom. The van der Waals surface area contributed by atoms with Crippen LogP contribution >= 0.6 is 20.7 Å². The zero-order valence-electron chi connectivity index (χ0n) is 11.3. The van der Waals surface area contributed by atoms with E-state index in [1.54, 1.807) is 52.4 Å². The van der Waals surface area contributed by atoms with Crippen molar-refractivity contribution in [1.82, 2.24) is 19.9 Å². The van der Waals surface area contributed by atoms with Gasteiger partial charge in [-0.1, -0.05) is 20.7 Å². The third kappa shape index (κ3) is 3.29. The highest BCUT2D eigenvalue weighted by molar-refractivity contribution is 7.69. The van der Waals surface area contributed by atoms with Crippen molar-refractivity contribution in [2.24, 2.45) is 4.99 Å². The van der Waals surface area contributed by atoms with Gasteiger partial charge < -0.3 is 4.74 Å². The van der Waals surface area contributed by atoms with Gasteiger partial charge in [-0.3, -0.25) is 9.97 Å². The number of nitrogens with zero attached hydrogens (tertiary/aromatic N) is 5. The van der Waals surface area contributed by atoms with Crippen LogP contribution in [0.3, 0.4) is 0 Å². The van der Waals surface area contributed by atoms with Crippen molar-refractivity contribution in [3.8, 4) is 16.5 Å². The molecule has 0 bridgehead atoms. The molecule has 6 nitrogen and oxygen atoms in total. The maximum absolute atomic E-state index is 5.12. The summed E-state index contributed by atoms with van der Waals surface area (Å²) in [6.45, 7) is 1.88. The molecule has 0 aliphatic rings. The molecule has 0 atom stereocenters. The van der Waals surface area contributed by atoms with Gasteiger partial charge in [-0.05, 0) is 13.0 Å². The summed E-state index contributed by atoms with van der Waals surface area (Å²) in [5.41, 5.74) is 1.65. The normalized spacial score (nSPS) is 11.6. The van der Waals surface area contributed by atoms with Crippen molar-refractivity contribution < 1.29 is 4.74 Å². The van der Waals surface area contributed by atoms with E-state index >= 15 is 0 Å². The molecule has 106 valence electrons. The Kier molecular flexibility index (Phi) is 3.98. The van der Waals surface area contributed by atoms with E-state index in [0.717, 1.165) is 20.9 Å². The summed E-state index contributed by atoms with van der Waals surface area (Å²) in [6, 6.07) is 3.72. The largest absolute Gasteiger partial charge is 0.481 e. The molecule has 0 N–H and O–H groups in total. The van der Waals surface area contributed by atoms with Crippen molar-refractivity contribution in [2.45, 2.75) is 6.92 Å². The van der Waals surface area contributed by atoms with Crippen LogP contribution in [0.25, 0.3) is 10.6 Å². The van der Waals surface area contributed by atoms with E-state index in [1.807, 2.05) is 13.0 Å². The molecule has 0 amide bonds. The molecule has 0 radical (unpaired) electrons. The third-order valence-electron chi connectivity index (χ3n) is 2.53. The van der Waals surface area contributed by atoms with Crippen LogP contribution in [-0.2, 0) is 0 Å². The Balaban J connectivity index is 1.98. The Morgan fingerprint density at radius 1 is 1.14 bits per heavy atom. The summed E-state index contributed by atoms with van der Waals surface area (Å²) in [4.78, 5) is 22.3. The predicted octanol–water partition coefficient (Wildman–Crippen LogP) is 2.61. The van der Waals surface area contributed by atoms with Gasteiger partial charge in [-0.15, -0.1) is 0 Å². The van der Waals surface area contributed by atoms with Gasteiger partial charge in [0.2, 0.25) is 5.88 Å². The Labute approximate surface area is 128 Å². The van der Waals surface area contributed by atoms with Crippen LogP contribution in [-0.4, -0.2) is 27.0 Å². The number of hydrogen-bond donors (Lipinski definition) is 0. The molecule has 0 saturated carbocycles. The topological polar surface area (TPSA) is 73.2 Å². The fraction of sp³-hybridized carbons (Fsp3) is 0.154. The first kappa shape index (κ1) is 13.8. The highest BCUT2D eigenvalue weighted by atomic mass is 32.9. The van der Waals surface area contributed by atoms with Gasteiger partial charge in [0.25, 0.3) is 5.95 Å². The molecule has 8 heteroatoms. The summed E-state index contributed by atoms with van der Waals surface area (Å²) in [7, 11) is 4.71. The third-order valence-corrected chi connectivity index (χ3v) is 4.80. The molecule has 3 aromatic heterocycles. The molecule has 0 aromatic carbocycles. The zero-order chi connectivity index (χ0) is 14.7. The van der Waals surface area contributed by atoms with Gasteiger partial charge >= 0.3 is 0 Å². The van der Waals surface area contributed by atoms with E-state index in [9.17, 15) is 0 Å². The average molecular weight is 317 g/mol. The lowest BCUT2D eigenvalue weighted by molar-refractivity contribution is 0.397. The van der Waals surface area contributed by atoms with Crippen molar-refractivity contribution in [3.63, 3.8) is 0 Å². The minimum absolute atomic E-state index is 0.395. The molecule has 0 aliphatic heterocycles. The second-order valence-corrected chi connectivity index (χ2v) is 6.26. The first-order valence-corrected chi connectivity index (χ1v) is 8.20. The Hall–Kier alpha value is -2.19. The Morgan fingerprint density at radius 2 is 2.05 bits per heavy atom. The lowest BCUT2D eigenvalue weighted by Gasteiger charge is -1.99. The van der Waals surface area contributed by atoms with Gasteiger partial charge in [0.15, 0.2) is 0 Å². The van der Waals surface area contributed by atoms with E-state index in [2.05, 4.69) is 24.9 Å². The highest BCUT2D eigenvalue weighted by Crippen LogP contribution is 2.22. The van der Waals surface area contributed by atoms with Crippen molar-refractivity contribution in [2.75, 3.05) is 7.11 Å². The SMILES string of the molecule is COc1cc(C)nc(N=c2cc(-c3cnccn3)ss2)n1. The van der Waals surface area contributed by atoms with E-state index in [4.69, 9.17) is 4.74 Å². The number of rotatable bonds is 3. The molecule has 21 heavy (non-hydrogen) atoms. The van der Waals surface area contributed by atoms with Crippen LogP contribution in [0.1, 0.15) is 5.69 Å². The summed E-state index contributed by atoms with van der Waals surface area (Å²) in [6.07, 6.45) is 5.05. The highest BCUT2D eigenvalue weighted by Gasteiger charge is 2.04. The van der Waals surface area contributed by atoms with E-state index < -0.39 is 0 Å². The maximum atomic E-state index is 5.12. The number of ether oxygens (including phenoxy) is 1. The molecule has 0 spiro atoms. The van der Waals surface area contributed by atoms with Crippen LogP contribution < -0.4 is 9.41 Å². The Bertz CT molecular complexity index is 813. The number of aryl methyl sites for hydroxylation is 1. The molecule has 0 unspecified atom stereocenters. The molecule has 3 heterocycles. The summed E-state index contributed by atoms with van der Waals surface area (Å²) >= 11 is 0. The van der Waals surface area contributed by atoms with Gasteiger partial charge in [-0.25, -0.2) is 4.98 Å². The second kappa shape index (κ2) is 6.06. The van der Waals surface area contributed by atoms with Gasteiger partial charge in [0.05, 0.1) is 23.9 Å². The van der Waals surface area contributed by atoms with Crippen LogP contribution in [0.15, 0.2) is 35.7 Å². The van der Waals surface area contributed by atoms with Gasteiger partial charge in [-0.2, -0.15) is 9.98 Å². The quantitative estimate of drug-likeness (QED) is 0.694. The van der Waals surface area contributed by atoms with E-state index in [1.165, 1.54) is 0 Å². The van der Waals surface area contributed by atoms with Crippen molar-refractivity contribution >= 4 is 26.6 Å². The van der Waals surface area contributed by atoms with Crippen LogP contribution in [0.4, 0.5) is 5.95 Å². The van der Waals surface area contributed by atoms with Crippen LogP contribution in [0, 0.1) is 6.92 Å². The van der Waals surface area contributed by atoms with Crippen LogP contribution in [0.2, 0.25) is 0 Å². The molecule has 3 aromatic rings. The van der Waals surface area contributed by atoms with Crippen molar-refractivity contribution in [1.29, 1.82) is 0 Å². The van der Waals surface area contributed by atoms with Gasteiger partial charge in [0, 0.05) is 24.2 Å². The number of hydrogen-bond acceptors (Lipinski definition) is 8. The standard InChI is InChI=1S/C13H11N5OS2/c1-8-5-11(19-2)17-13(16-8)18-12-6-10(20-21-12)9-7-14-3-4-15-9/h3-7H,1-2H3. The molecular weight excluding hydrogens is 306 g/mol. The number of aromatic nitrogens is 4. The first-order valence-electron chi connectivity index (χ1n) is 6.05. The fourth-order valence-corrected chi connectivity index (χ4v) is 3.69. The second-order valence-electron chi connectivity index (χ2n) is 4.07. The van der Waals surface area contributed by atoms with E-state index in [0.29, 0.717) is 11.8 Å². The maximum Gasteiger partial charge on any atom is 0.254 e. The average Bonchev–Trinajstić information content (AvgIpc) is 2.96. The lowest BCUT2D eigenvalue weighted by Crippen LogP contribution is -1.96. The summed E-state index contributed by atoms with van der Waals surface area (Å²) < 4.78 is 5.95. The minimum Gasteiger partial charge on any atom is -0.481 e. The molecule has 3 rings (SSSR count). The lowest BCUT2D eigenvalue weighted by atomic mass is 10.4. The fourth-order valence-electron chi connectivity index (χ4n) is 1.62. The number of methoxy groups -OCH3 is 1. The minimum atomic E-state index is 0.395. The van der Waals surface area contributed by atoms with Crippen LogP contribution in [0.5, 0.6) is 5.88 Å². The molecule has 0 aliphatic carbocycles. The predicted molar refractivity (Wildman–Crippen MR) is 81.8 cm³/mol. The summed E-state index contributed by atoms with van der Waals surface area (Å²) in [5, 5.41) is 0. The van der Waals surface area contributed by atoms with Crippen molar-refractivity contribution in [3.05, 3.63) is 41.1 Å². The smallest absolute Gasteiger partial charge is 0.254 e. The molecule has 0 saturated heterocycles. The molecular formula is C13H11N5OS2.